The standard InChI is InChI=1S/C17H16N2OS/c1-11(2)17-19-14-9-8-13(10-15(14)21-17)18-16(20)12-6-4-3-5-7-12/h3-11H,1-2H3,(H,18,20). The highest BCUT2D eigenvalue weighted by Gasteiger charge is 2.09. The van der Waals surface area contributed by atoms with Crippen molar-refractivity contribution in [3.63, 3.8) is 0 Å². The van der Waals surface area contributed by atoms with Gasteiger partial charge in [0.2, 0.25) is 0 Å². The summed E-state index contributed by atoms with van der Waals surface area (Å²) < 4.78 is 1.10. The lowest BCUT2D eigenvalue weighted by Gasteiger charge is -2.04. The van der Waals surface area contributed by atoms with Crippen LogP contribution in [0.2, 0.25) is 0 Å². The maximum absolute atomic E-state index is 12.1. The van der Waals surface area contributed by atoms with Crippen LogP contribution >= 0.6 is 11.3 Å². The average Bonchev–Trinajstić information content (AvgIpc) is 2.91. The summed E-state index contributed by atoms with van der Waals surface area (Å²) in [6, 6.07) is 15.1. The number of anilines is 1. The second kappa shape index (κ2) is 5.66. The maximum atomic E-state index is 12.1. The number of carbonyl (C=O) groups excluding carboxylic acids is 1. The first-order valence-electron chi connectivity index (χ1n) is 6.90. The van der Waals surface area contributed by atoms with E-state index >= 15 is 0 Å². The topological polar surface area (TPSA) is 42.0 Å². The zero-order chi connectivity index (χ0) is 14.8. The Labute approximate surface area is 127 Å². The number of thiazole rings is 1. The molecule has 2 aromatic carbocycles. The molecule has 106 valence electrons. The fraction of sp³-hybridized carbons (Fsp3) is 0.176. The molecule has 1 amide bonds. The molecule has 0 saturated carbocycles. The maximum Gasteiger partial charge on any atom is 0.255 e. The van der Waals surface area contributed by atoms with E-state index in [-0.39, 0.29) is 5.91 Å². The average molecular weight is 296 g/mol. The molecule has 21 heavy (non-hydrogen) atoms. The van der Waals surface area contributed by atoms with Crippen molar-refractivity contribution < 1.29 is 4.79 Å². The Morgan fingerprint density at radius 2 is 1.90 bits per heavy atom. The van der Waals surface area contributed by atoms with Crippen molar-refractivity contribution in [2.75, 3.05) is 5.32 Å². The van der Waals surface area contributed by atoms with Crippen molar-refractivity contribution in [3.8, 4) is 0 Å². The molecule has 0 radical (unpaired) electrons. The van der Waals surface area contributed by atoms with E-state index in [4.69, 9.17) is 0 Å². The number of fused-ring (bicyclic) bond motifs is 1. The molecule has 0 fully saturated rings. The van der Waals surface area contributed by atoms with Crippen molar-refractivity contribution in [2.45, 2.75) is 19.8 Å². The first kappa shape index (κ1) is 13.8. The second-order valence-corrected chi connectivity index (χ2v) is 6.27. The summed E-state index contributed by atoms with van der Waals surface area (Å²) >= 11 is 1.68. The third kappa shape index (κ3) is 2.95. The Morgan fingerprint density at radius 3 is 2.62 bits per heavy atom. The third-order valence-corrected chi connectivity index (χ3v) is 4.51. The largest absolute Gasteiger partial charge is 0.322 e. The minimum absolute atomic E-state index is 0.0939. The van der Waals surface area contributed by atoms with E-state index in [2.05, 4.69) is 24.1 Å². The van der Waals surface area contributed by atoms with Crippen molar-refractivity contribution in [1.29, 1.82) is 0 Å². The summed E-state index contributed by atoms with van der Waals surface area (Å²) in [7, 11) is 0. The van der Waals surface area contributed by atoms with E-state index in [1.54, 1.807) is 23.5 Å². The molecule has 0 aliphatic heterocycles. The van der Waals surface area contributed by atoms with E-state index in [1.165, 1.54) is 0 Å². The van der Waals surface area contributed by atoms with Gasteiger partial charge in [0.25, 0.3) is 5.91 Å². The first-order chi connectivity index (χ1) is 10.1. The van der Waals surface area contributed by atoms with Gasteiger partial charge in [-0.25, -0.2) is 4.98 Å². The number of amides is 1. The van der Waals surface area contributed by atoms with E-state index in [0.29, 0.717) is 11.5 Å². The number of carbonyl (C=O) groups is 1. The van der Waals surface area contributed by atoms with Crippen LogP contribution in [0.1, 0.15) is 35.1 Å². The van der Waals surface area contributed by atoms with Crippen LogP contribution in [0.3, 0.4) is 0 Å². The lowest BCUT2D eigenvalue weighted by Crippen LogP contribution is -2.11. The Morgan fingerprint density at radius 1 is 1.14 bits per heavy atom. The van der Waals surface area contributed by atoms with E-state index in [0.717, 1.165) is 20.9 Å². The van der Waals surface area contributed by atoms with Gasteiger partial charge >= 0.3 is 0 Å². The summed E-state index contributed by atoms with van der Waals surface area (Å²) in [5, 5.41) is 4.05. The molecule has 0 unspecified atom stereocenters. The summed E-state index contributed by atoms with van der Waals surface area (Å²) in [5.41, 5.74) is 2.45. The van der Waals surface area contributed by atoms with Gasteiger partial charge in [-0.15, -0.1) is 11.3 Å². The van der Waals surface area contributed by atoms with E-state index < -0.39 is 0 Å². The molecule has 0 aliphatic rings. The summed E-state index contributed by atoms with van der Waals surface area (Å²) in [4.78, 5) is 16.7. The third-order valence-electron chi connectivity index (χ3n) is 3.19. The second-order valence-electron chi connectivity index (χ2n) is 5.21. The number of nitrogens with one attached hydrogen (secondary N) is 1. The molecule has 0 atom stereocenters. The summed E-state index contributed by atoms with van der Waals surface area (Å²) in [5.74, 6) is 0.327. The van der Waals surface area contributed by atoms with Gasteiger partial charge in [-0.1, -0.05) is 32.0 Å². The highest BCUT2D eigenvalue weighted by molar-refractivity contribution is 7.18. The zero-order valence-electron chi connectivity index (χ0n) is 12.0. The van der Waals surface area contributed by atoms with E-state index in [1.807, 2.05) is 36.4 Å². The number of hydrogen-bond donors (Lipinski definition) is 1. The minimum Gasteiger partial charge on any atom is -0.322 e. The molecule has 3 aromatic rings. The minimum atomic E-state index is -0.0939. The highest BCUT2D eigenvalue weighted by Crippen LogP contribution is 2.29. The highest BCUT2D eigenvalue weighted by atomic mass is 32.1. The summed E-state index contributed by atoms with van der Waals surface area (Å²) in [6.45, 7) is 4.27. The van der Waals surface area contributed by atoms with Crippen LogP contribution in [0.5, 0.6) is 0 Å². The molecular weight excluding hydrogens is 280 g/mol. The fourth-order valence-electron chi connectivity index (χ4n) is 2.06. The van der Waals surface area contributed by atoms with Crippen molar-refractivity contribution in [3.05, 3.63) is 59.1 Å². The van der Waals surface area contributed by atoms with Crippen LogP contribution in [-0.2, 0) is 0 Å². The lowest BCUT2D eigenvalue weighted by atomic mass is 10.2. The quantitative estimate of drug-likeness (QED) is 0.763. The molecule has 1 heterocycles. The van der Waals surface area contributed by atoms with Gasteiger partial charge in [-0.05, 0) is 30.3 Å². The number of nitrogens with zero attached hydrogens (tertiary/aromatic N) is 1. The van der Waals surface area contributed by atoms with Crippen LogP contribution in [0.4, 0.5) is 5.69 Å². The first-order valence-corrected chi connectivity index (χ1v) is 7.72. The molecule has 0 aliphatic carbocycles. The van der Waals surface area contributed by atoms with Crippen LogP contribution in [0.25, 0.3) is 10.2 Å². The van der Waals surface area contributed by atoms with Gasteiger partial charge in [-0.3, -0.25) is 4.79 Å². The Bertz CT molecular complexity index is 778. The molecule has 0 spiro atoms. The number of aromatic nitrogens is 1. The summed E-state index contributed by atoms with van der Waals surface area (Å²) in [6.07, 6.45) is 0. The van der Waals surface area contributed by atoms with Gasteiger partial charge in [0.1, 0.15) is 0 Å². The number of hydrogen-bond acceptors (Lipinski definition) is 3. The number of rotatable bonds is 3. The van der Waals surface area contributed by atoms with Gasteiger partial charge in [0.05, 0.1) is 15.2 Å². The Hall–Kier alpha value is -2.20. The molecule has 3 nitrogen and oxygen atoms in total. The zero-order valence-corrected chi connectivity index (χ0v) is 12.8. The van der Waals surface area contributed by atoms with Gasteiger partial charge in [0.15, 0.2) is 0 Å². The normalized spacial score (nSPS) is 11.0. The molecular formula is C17H16N2OS. The van der Waals surface area contributed by atoms with Gasteiger partial charge < -0.3 is 5.32 Å². The van der Waals surface area contributed by atoms with Gasteiger partial charge in [0, 0.05) is 17.2 Å². The smallest absolute Gasteiger partial charge is 0.255 e. The molecule has 1 N–H and O–H groups in total. The van der Waals surface area contributed by atoms with Crippen molar-refractivity contribution in [1.82, 2.24) is 4.98 Å². The van der Waals surface area contributed by atoms with Crippen molar-refractivity contribution >= 4 is 33.1 Å². The predicted octanol–water partition coefficient (Wildman–Crippen LogP) is 4.67. The molecule has 1 aromatic heterocycles. The number of benzene rings is 2. The van der Waals surface area contributed by atoms with Crippen LogP contribution in [0.15, 0.2) is 48.5 Å². The lowest BCUT2D eigenvalue weighted by molar-refractivity contribution is 0.102. The molecule has 0 saturated heterocycles. The fourth-order valence-corrected chi connectivity index (χ4v) is 3.07. The molecule has 3 rings (SSSR count). The SMILES string of the molecule is CC(C)c1nc2ccc(NC(=O)c3ccccc3)cc2s1. The Kier molecular flexibility index (Phi) is 3.71. The van der Waals surface area contributed by atoms with E-state index in [9.17, 15) is 4.79 Å². The van der Waals surface area contributed by atoms with Crippen LogP contribution in [0, 0.1) is 0 Å². The van der Waals surface area contributed by atoms with Crippen LogP contribution in [-0.4, -0.2) is 10.9 Å². The predicted molar refractivity (Wildman–Crippen MR) is 88.1 cm³/mol. The molecule has 0 bridgehead atoms. The van der Waals surface area contributed by atoms with Crippen molar-refractivity contribution in [2.24, 2.45) is 0 Å². The monoisotopic (exact) mass is 296 g/mol. The Balaban J connectivity index is 1.86. The van der Waals surface area contributed by atoms with Gasteiger partial charge in [-0.2, -0.15) is 0 Å². The van der Waals surface area contributed by atoms with Crippen LogP contribution < -0.4 is 5.32 Å². The molecule has 4 heteroatoms.